The number of halogens is 3. The van der Waals surface area contributed by atoms with E-state index in [1.807, 2.05) is 35.0 Å². The molecule has 1 saturated carbocycles. The maximum absolute atomic E-state index is 13.7. The molecule has 0 amide bonds. The summed E-state index contributed by atoms with van der Waals surface area (Å²) in [6.07, 6.45) is 9.59. The van der Waals surface area contributed by atoms with Crippen LogP contribution in [0.5, 0.6) is 0 Å². The summed E-state index contributed by atoms with van der Waals surface area (Å²) in [5, 5.41) is 22.9. The second-order valence-electron chi connectivity index (χ2n) is 10.2. The van der Waals surface area contributed by atoms with Gasteiger partial charge in [0.25, 0.3) is 0 Å². The molecule has 1 N–H and O–H groups in total. The highest BCUT2D eigenvalue weighted by atomic mass is 35.5. The fourth-order valence-corrected chi connectivity index (χ4v) is 5.82. The molecule has 0 atom stereocenters. The first-order valence-corrected chi connectivity index (χ1v) is 13.8. The normalized spacial score (nSPS) is 16.7. The van der Waals surface area contributed by atoms with Crippen LogP contribution in [-0.2, 0) is 0 Å². The summed E-state index contributed by atoms with van der Waals surface area (Å²) in [7, 11) is 1.90. The number of rotatable bonds is 6. The summed E-state index contributed by atoms with van der Waals surface area (Å²) in [6, 6.07) is 11.3. The van der Waals surface area contributed by atoms with E-state index in [0.717, 1.165) is 37.7 Å². The van der Waals surface area contributed by atoms with Crippen LogP contribution in [0.25, 0.3) is 10.9 Å². The van der Waals surface area contributed by atoms with Crippen LogP contribution in [0.4, 0.5) is 27.3 Å². The second-order valence-corrected chi connectivity index (χ2v) is 11.0. The lowest BCUT2D eigenvalue weighted by molar-refractivity contribution is 0.0838. The summed E-state index contributed by atoms with van der Waals surface area (Å²) >= 11 is 12.7. The van der Waals surface area contributed by atoms with E-state index in [2.05, 4.69) is 31.6 Å². The molecule has 0 radical (unpaired) electrons. The molecule has 2 aromatic carbocycles. The number of nitrogens with zero attached hydrogens (tertiary/aromatic N) is 7. The van der Waals surface area contributed by atoms with E-state index in [1.165, 1.54) is 37.6 Å². The van der Waals surface area contributed by atoms with Gasteiger partial charge in [-0.2, -0.15) is 5.26 Å². The number of nitriles is 1. The Balaban J connectivity index is 1.29. The zero-order valence-electron chi connectivity index (χ0n) is 21.4. The van der Waals surface area contributed by atoms with Crippen LogP contribution in [-0.4, -0.2) is 51.1 Å². The Morgan fingerprint density at radius 3 is 2.56 bits per heavy atom. The van der Waals surface area contributed by atoms with Crippen molar-refractivity contribution in [2.45, 2.75) is 44.2 Å². The highest BCUT2D eigenvalue weighted by Crippen LogP contribution is 2.38. The number of benzene rings is 2. The van der Waals surface area contributed by atoms with Crippen molar-refractivity contribution in [3.05, 3.63) is 64.2 Å². The van der Waals surface area contributed by atoms with Gasteiger partial charge in [-0.3, -0.25) is 4.98 Å². The second kappa shape index (κ2) is 10.6. The van der Waals surface area contributed by atoms with Crippen LogP contribution in [0.2, 0.25) is 10.0 Å². The van der Waals surface area contributed by atoms with Crippen molar-refractivity contribution in [1.82, 2.24) is 24.9 Å². The zero-order valence-corrected chi connectivity index (χ0v) is 22.9. The van der Waals surface area contributed by atoms with Gasteiger partial charge in [-0.1, -0.05) is 34.8 Å². The molecule has 0 spiro atoms. The maximum Gasteiger partial charge on any atom is 0.175 e. The SMILES string of the molecule is CN(c1cc(Cl)c2ncc(C#N)c(Nc3ccc(F)c(Cl)c3)c2c1)c1cn(C2CCN(C3CCC3)CC2)nn1. The number of aromatic nitrogens is 4. The lowest BCUT2D eigenvalue weighted by Crippen LogP contribution is -2.45. The number of pyridine rings is 1. The third kappa shape index (κ3) is 5.00. The van der Waals surface area contributed by atoms with E-state index in [0.29, 0.717) is 44.7 Å². The smallest absolute Gasteiger partial charge is 0.175 e. The molecule has 0 bridgehead atoms. The predicted molar refractivity (Wildman–Crippen MR) is 152 cm³/mol. The zero-order chi connectivity index (χ0) is 27.1. The number of likely N-dealkylation sites (tertiary alicyclic amines) is 1. The molecule has 6 rings (SSSR count). The van der Waals surface area contributed by atoms with Crippen LogP contribution in [0.15, 0.2) is 42.7 Å². The van der Waals surface area contributed by atoms with Gasteiger partial charge in [-0.25, -0.2) is 9.07 Å². The summed E-state index contributed by atoms with van der Waals surface area (Å²) in [5.74, 6) is 0.169. The summed E-state index contributed by atoms with van der Waals surface area (Å²) in [6.45, 7) is 2.20. The van der Waals surface area contributed by atoms with E-state index < -0.39 is 5.82 Å². The van der Waals surface area contributed by atoms with Crippen molar-refractivity contribution in [3.63, 3.8) is 0 Å². The quantitative estimate of drug-likeness (QED) is 0.274. The van der Waals surface area contributed by atoms with Crippen LogP contribution < -0.4 is 10.2 Å². The monoisotopic (exact) mass is 564 g/mol. The Labute approximate surface area is 235 Å². The highest BCUT2D eigenvalue weighted by Gasteiger charge is 2.30. The van der Waals surface area contributed by atoms with Gasteiger partial charge in [0, 0.05) is 49.1 Å². The number of piperidine rings is 1. The third-order valence-electron chi connectivity index (χ3n) is 7.91. The Morgan fingerprint density at radius 2 is 1.87 bits per heavy atom. The topological polar surface area (TPSA) is 85.9 Å². The molecule has 4 aromatic rings. The average molecular weight is 565 g/mol. The van der Waals surface area contributed by atoms with E-state index in [1.54, 1.807) is 6.07 Å². The lowest BCUT2D eigenvalue weighted by Gasteiger charge is -2.41. The number of hydrogen-bond donors (Lipinski definition) is 1. The fraction of sp³-hybridized carbons (Fsp3) is 0.357. The van der Waals surface area contributed by atoms with Gasteiger partial charge in [0.15, 0.2) is 5.82 Å². The Bertz CT molecular complexity index is 1570. The van der Waals surface area contributed by atoms with Gasteiger partial charge in [0.2, 0.25) is 0 Å². The van der Waals surface area contributed by atoms with Crippen LogP contribution >= 0.6 is 23.2 Å². The van der Waals surface area contributed by atoms with Crippen LogP contribution in [0.3, 0.4) is 0 Å². The first-order valence-electron chi connectivity index (χ1n) is 13.1. The molecule has 2 fully saturated rings. The van der Waals surface area contributed by atoms with Crippen molar-refractivity contribution >= 4 is 57.0 Å². The van der Waals surface area contributed by atoms with Gasteiger partial charge in [-0.05, 0) is 56.0 Å². The van der Waals surface area contributed by atoms with Crippen molar-refractivity contribution in [1.29, 1.82) is 5.26 Å². The van der Waals surface area contributed by atoms with Crippen molar-refractivity contribution < 1.29 is 4.39 Å². The summed E-state index contributed by atoms with van der Waals surface area (Å²) in [4.78, 5) is 8.95. The molecule has 2 aromatic heterocycles. The number of nitrogens with one attached hydrogen (secondary N) is 1. The minimum Gasteiger partial charge on any atom is -0.354 e. The van der Waals surface area contributed by atoms with E-state index in [9.17, 15) is 9.65 Å². The molecular weight excluding hydrogens is 538 g/mol. The standard InChI is InChI=1S/C28H27Cl2FN8/c1-37(26-16-39(36-35-26)20-7-9-38(10-8-20)19-3-2-4-19)21-12-22-27(34-18-5-6-25(31)23(29)11-18)17(14-32)15-33-28(22)24(30)13-21/h5-6,11-13,15-16,19-20H,2-4,7-10H2,1H3,(H,33,34). The molecule has 1 saturated heterocycles. The largest absolute Gasteiger partial charge is 0.354 e. The van der Waals surface area contributed by atoms with Crippen molar-refractivity contribution in [3.8, 4) is 6.07 Å². The van der Waals surface area contributed by atoms with E-state index in [4.69, 9.17) is 23.2 Å². The fourth-order valence-electron chi connectivity index (χ4n) is 5.38. The highest BCUT2D eigenvalue weighted by molar-refractivity contribution is 6.36. The van der Waals surface area contributed by atoms with Crippen molar-refractivity contribution in [2.24, 2.45) is 0 Å². The first-order chi connectivity index (χ1) is 18.9. The van der Waals surface area contributed by atoms with E-state index in [-0.39, 0.29) is 5.02 Å². The molecule has 3 heterocycles. The van der Waals surface area contributed by atoms with Gasteiger partial charge < -0.3 is 15.1 Å². The molecule has 200 valence electrons. The lowest BCUT2D eigenvalue weighted by atomic mass is 9.89. The Hall–Kier alpha value is -3.45. The number of fused-ring (bicyclic) bond motifs is 1. The first kappa shape index (κ1) is 25.8. The number of anilines is 4. The molecule has 1 aliphatic carbocycles. The van der Waals surface area contributed by atoms with Gasteiger partial charge in [0.1, 0.15) is 11.9 Å². The molecular formula is C28H27Cl2FN8. The minimum atomic E-state index is -0.522. The third-order valence-corrected chi connectivity index (χ3v) is 8.49. The molecule has 2 aliphatic rings. The molecule has 39 heavy (non-hydrogen) atoms. The van der Waals surface area contributed by atoms with Crippen LogP contribution in [0, 0.1) is 17.1 Å². The van der Waals surface area contributed by atoms with Crippen LogP contribution in [0.1, 0.15) is 43.7 Å². The number of hydrogen-bond acceptors (Lipinski definition) is 7. The molecule has 11 heteroatoms. The van der Waals surface area contributed by atoms with Gasteiger partial charge in [-0.15, -0.1) is 5.10 Å². The maximum atomic E-state index is 13.7. The summed E-state index contributed by atoms with van der Waals surface area (Å²) < 4.78 is 15.7. The summed E-state index contributed by atoms with van der Waals surface area (Å²) in [5.41, 5.74) is 2.65. The van der Waals surface area contributed by atoms with E-state index >= 15 is 0 Å². The molecule has 0 unspecified atom stereocenters. The van der Waals surface area contributed by atoms with Crippen molar-refractivity contribution in [2.75, 3.05) is 30.4 Å². The molecule has 1 aliphatic heterocycles. The average Bonchev–Trinajstić information content (AvgIpc) is 3.40. The minimum absolute atomic E-state index is 0.0212. The van der Waals surface area contributed by atoms with Gasteiger partial charge >= 0.3 is 0 Å². The Morgan fingerprint density at radius 1 is 1.08 bits per heavy atom. The van der Waals surface area contributed by atoms with Gasteiger partial charge in [0.05, 0.1) is 39.1 Å². The predicted octanol–water partition coefficient (Wildman–Crippen LogP) is 6.84. The Kier molecular flexibility index (Phi) is 7.02. The molecule has 8 nitrogen and oxygen atoms in total.